The molecule has 1 heterocycles. The third kappa shape index (κ3) is 4.27. The highest BCUT2D eigenvalue weighted by molar-refractivity contribution is 5.90. The highest BCUT2D eigenvalue weighted by Crippen LogP contribution is 2.29. The maximum atomic E-state index is 12.5. The number of aromatic nitrogens is 2. The van der Waals surface area contributed by atoms with Gasteiger partial charge >= 0.3 is 11.9 Å². The van der Waals surface area contributed by atoms with E-state index in [1.54, 1.807) is 56.3 Å². The summed E-state index contributed by atoms with van der Waals surface area (Å²) in [6.45, 7) is 3.66. The van der Waals surface area contributed by atoms with Gasteiger partial charge < -0.3 is 19.4 Å². The molecule has 3 rings (SSSR count). The smallest absolute Gasteiger partial charge is 0.360 e. The number of carbonyl (C=O) groups is 2. The van der Waals surface area contributed by atoms with Gasteiger partial charge in [0.2, 0.25) is 0 Å². The number of rotatable bonds is 7. The van der Waals surface area contributed by atoms with Gasteiger partial charge in [-0.25, -0.2) is 14.6 Å². The molecule has 0 aliphatic heterocycles. The summed E-state index contributed by atoms with van der Waals surface area (Å²) in [7, 11) is 1.32. The number of phenols is 1. The Balaban J connectivity index is 1.96. The van der Waals surface area contributed by atoms with Gasteiger partial charge in [-0.1, -0.05) is 24.3 Å². The van der Waals surface area contributed by atoms with Crippen LogP contribution in [-0.4, -0.2) is 40.5 Å². The number of hydrogen-bond donors (Lipinski definition) is 1. The normalized spacial score (nSPS) is 10.5. The van der Waals surface area contributed by atoms with Crippen molar-refractivity contribution in [3.63, 3.8) is 0 Å². The average molecular weight is 410 g/mol. The summed E-state index contributed by atoms with van der Waals surface area (Å²) in [6, 6.07) is 13.3. The Kier molecular flexibility index (Phi) is 6.36. The van der Waals surface area contributed by atoms with Crippen molar-refractivity contribution < 1.29 is 29.0 Å². The maximum Gasteiger partial charge on any atom is 0.360 e. The summed E-state index contributed by atoms with van der Waals surface area (Å²) in [5, 5.41) is 10.3. The topological polar surface area (TPSA) is 99.9 Å². The summed E-state index contributed by atoms with van der Waals surface area (Å²) in [4.78, 5) is 34.4. The van der Waals surface area contributed by atoms with Crippen molar-refractivity contribution in [2.24, 2.45) is 0 Å². The monoisotopic (exact) mass is 410 g/mol. The van der Waals surface area contributed by atoms with E-state index in [0.717, 1.165) is 5.56 Å². The van der Waals surface area contributed by atoms with E-state index in [1.807, 2.05) is 0 Å². The van der Waals surface area contributed by atoms with Gasteiger partial charge in [-0.3, -0.25) is 0 Å². The Morgan fingerprint density at radius 2 is 1.77 bits per heavy atom. The second kappa shape index (κ2) is 9.13. The standard InChI is InChI=1S/C22H22N2O6/c1-4-29-22(27)19-14(2)23-20(17-7-5-6-8-18(17)25)24(19)30-13-15-9-11-16(12-10-15)21(26)28-3/h5-12,25H,4,13H2,1-3H3. The summed E-state index contributed by atoms with van der Waals surface area (Å²) in [5.74, 6) is -0.727. The van der Waals surface area contributed by atoms with Crippen LogP contribution in [0.15, 0.2) is 48.5 Å². The lowest BCUT2D eigenvalue weighted by Crippen LogP contribution is -2.20. The molecule has 0 aliphatic rings. The number of imidazole rings is 1. The number of hydrogen-bond acceptors (Lipinski definition) is 7. The van der Waals surface area contributed by atoms with Crippen LogP contribution >= 0.6 is 0 Å². The van der Waals surface area contributed by atoms with Gasteiger partial charge in [0, 0.05) is 0 Å². The van der Waals surface area contributed by atoms with E-state index in [9.17, 15) is 14.7 Å². The molecule has 0 unspecified atom stereocenters. The third-order valence-electron chi connectivity index (χ3n) is 4.36. The Hall–Kier alpha value is -3.81. The Morgan fingerprint density at radius 1 is 1.07 bits per heavy atom. The number of aromatic hydroxyl groups is 1. The molecule has 0 saturated heterocycles. The van der Waals surface area contributed by atoms with Gasteiger partial charge in [-0.05, 0) is 43.7 Å². The minimum Gasteiger partial charge on any atom is -0.507 e. The van der Waals surface area contributed by atoms with E-state index in [0.29, 0.717) is 16.8 Å². The Morgan fingerprint density at radius 3 is 2.40 bits per heavy atom. The molecule has 0 aliphatic carbocycles. The third-order valence-corrected chi connectivity index (χ3v) is 4.36. The zero-order valence-electron chi connectivity index (χ0n) is 16.9. The molecule has 1 aromatic heterocycles. The molecular formula is C22H22N2O6. The molecule has 8 nitrogen and oxygen atoms in total. The number of ether oxygens (including phenoxy) is 2. The van der Waals surface area contributed by atoms with E-state index in [1.165, 1.54) is 17.9 Å². The fraction of sp³-hybridized carbons (Fsp3) is 0.227. The molecule has 3 aromatic rings. The van der Waals surface area contributed by atoms with Gasteiger partial charge in [0.15, 0.2) is 11.5 Å². The number of nitrogens with zero attached hydrogens (tertiary/aromatic N) is 2. The SMILES string of the molecule is CCOC(=O)c1c(C)nc(-c2ccccc2O)n1OCc1ccc(C(=O)OC)cc1. The molecule has 0 fully saturated rings. The molecule has 156 valence electrons. The predicted octanol–water partition coefficient (Wildman–Crippen LogP) is 3.16. The fourth-order valence-corrected chi connectivity index (χ4v) is 2.89. The van der Waals surface area contributed by atoms with Crippen LogP contribution in [0.4, 0.5) is 0 Å². The first-order valence-corrected chi connectivity index (χ1v) is 9.31. The minimum atomic E-state index is -0.579. The van der Waals surface area contributed by atoms with Gasteiger partial charge in [0.1, 0.15) is 12.4 Å². The van der Waals surface area contributed by atoms with Crippen LogP contribution in [0.2, 0.25) is 0 Å². The Bertz CT molecular complexity index is 1060. The number of carbonyl (C=O) groups excluding carboxylic acids is 2. The molecule has 0 radical (unpaired) electrons. The van der Waals surface area contributed by atoms with Crippen LogP contribution in [0.1, 0.15) is 39.0 Å². The predicted molar refractivity (Wildman–Crippen MR) is 108 cm³/mol. The van der Waals surface area contributed by atoms with Crippen molar-refractivity contribution in [2.75, 3.05) is 13.7 Å². The molecule has 0 spiro atoms. The van der Waals surface area contributed by atoms with E-state index in [-0.39, 0.29) is 30.5 Å². The minimum absolute atomic E-state index is 0.00481. The molecule has 8 heteroatoms. The number of methoxy groups -OCH3 is 1. The van der Waals surface area contributed by atoms with Crippen molar-refractivity contribution in [3.8, 4) is 17.1 Å². The first kappa shape index (κ1) is 20.9. The summed E-state index contributed by atoms with van der Waals surface area (Å²) in [5.41, 5.74) is 2.14. The van der Waals surface area contributed by atoms with Crippen LogP contribution in [0.5, 0.6) is 5.75 Å². The van der Waals surface area contributed by atoms with Crippen LogP contribution in [-0.2, 0) is 16.1 Å². The van der Waals surface area contributed by atoms with Crippen molar-refractivity contribution in [2.45, 2.75) is 20.5 Å². The van der Waals surface area contributed by atoms with Crippen molar-refractivity contribution >= 4 is 11.9 Å². The summed E-state index contributed by atoms with van der Waals surface area (Å²) in [6.07, 6.45) is 0. The molecule has 0 saturated carbocycles. The van der Waals surface area contributed by atoms with E-state index < -0.39 is 11.9 Å². The summed E-state index contributed by atoms with van der Waals surface area (Å²) < 4.78 is 11.1. The first-order chi connectivity index (χ1) is 14.5. The first-order valence-electron chi connectivity index (χ1n) is 9.31. The molecule has 2 aromatic carbocycles. The van der Waals surface area contributed by atoms with E-state index in [2.05, 4.69) is 4.98 Å². The quantitative estimate of drug-likeness (QED) is 0.597. The molecular weight excluding hydrogens is 388 g/mol. The zero-order chi connectivity index (χ0) is 21.7. The summed E-state index contributed by atoms with van der Waals surface area (Å²) >= 11 is 0. The fourth-order valence-electron chi connectivity index (χ4n) is 2.89. The number of para-hydroxylation sites is 1. The Labute approximate surface area is 173 Å². The number of phenolic OH excluding ortho intramolecular Hbond substituents is 1. The second-order valence-corrected chi connectivity index (χ2v) is 6.36. The molecule has 0 atom stereocenters. The lowest BCUT2D eigenvalue weighted by Gasteiger charge is -2.14. The number of benzene rings is 2. The average Bonchev–Trinajstić information content (AvgIpc) is 3.08. The molecule has 0 bridgehead atoms. The van der Waals surface area contributed by atoms with Gasteiger partial charge in [-0.2, -0.15) is 4.73 Å². The molecule has 1 N–H and O–H groups in total. The van der Waals surface area contributed by atoms with Crippen molar-refractivity contribution in [1.29, 1.82) is 0 Å². The maximum absolute atomic E-state index is 12.5. The van der Waals surface area contributed by atoms with Gasteiger partial charge in [0.25, 0.3) is 0 Å². The lowest BCUT2D eigenvalue weighted by molar-refractivity contribution is 0.0425. The number of aryl methyl sites for hydroxylation is 1. The number of esters is 2. The van der Waals surface area contributed by atoms with Crippen LogP contribution in [0.25, 0.3) is 11.4 Å². The zero-order valence-corrected chi connectivity index (χ0v) is 16.9. The highest BCUT2D eigenvalue weighted by atomic mass is 16.7. The van der Waals surface area contributed by atoms with Gasteiger partial charge in [-0.15, -0.1) is 0 Å². The van der Waals surface area contributed by atoms with Gasteiger partial charge in [0.05, 0.1) is 30.5 Å². The van der Waals surface area contributed by atoms with E-state index in [4.69, 9.17) is 14.3 Å². The molecule has 30 heavy (non-hydrogen) atoms. The lowest BCUT2D eigenvalue weighted by atomic mass is 10.1. The highest BCUT2D eigenvalue weighted by Gasteiger charge is 2.25. The van der Waals surface area contributed by atoms with Crippen LogP contribution in [0, 0.1) is 6.92 Å². The van der Waals surface area contributed by atoms with Crippen LogP contribution < -0.4 is 4.84 Å². The largest absolute Gasteiger partial charge is 0.507 e. The van der Waals surface area contributed by atoms with Crippen molar-refractivity contribution in [1.82, 2.24) is 9.71 Å². The molecule has 0 amide bonds. The van der Waals surface area contributed by atoms with E-state index >= 15 is 0 Å². The second-order valence-electron chi connectivity index (χ2n) is 6.36. The van der Waals surface area contributed by atoms with Crippen LogP contribution in [0.3, 0.4) is 0 Å². The van der Waals surface area contributed by atoms with Crippen molar-refractivity contribution in [3.05, 3.63) is 71.0 Å².